The normalized spacial score (nSPS) is 10.9. The first-order valence-electron chi connectivity index (χ1n) is 9.20. The van der Waals surface area contributed by atoms with Gasteiger partial charge in [0, 0.05) is 17.6 Å². The molecule has 3 aromatic rings. The van der Waals surface area contributed by atoms with Crippen LogP contribution in [0.5, 0.6) is 5.88 Å². The second-order valence-corrected chi connectivity index (χ2v) is 7.16. The number of nitrogens with one attached hydrogen (secondary N) is 1. The molecule has 0 fully saturated rings. The molecule has 29 heavy (non-hydrogen) atoms. The molecule has 0 saturated carbocycles. The molecule has 0 aliphatic heterocycles. The highest BCUT2D eigenvalue weighted by molar-refractivity contribution is 6.33. The number of aromatic amines is 1. The number of H-pyrrole nitrogens is 1. The first-order valence-corrected chi connectivity index (χ1v) is 9.95. The van der Waals surface area contributed by atoms with Gasteiger partial charge in [0.25, 0.3) is 11.5 Å². The van der Waals surface area contributed by atoms with E-state index in [0.29, 0.717) is 47.2 Å². The Hall–Kier alpha value is -2.64. The van der Waals surface area contributed by atoms with Gasteiger partial charge in [-0.15, -0.1) is 0 Å². The Morgan fingerprint density at radius 1 is 1.17 bits per heavy atom. The lowest BCUT2D eigenvalue weighted by atomic mass is 10.2. The van der Waals surface area contributed by atoms with Gasteiger partial charge in [-0.3, -0.25) is 9.59 Å². The van der Waals surface area contributed by atoms with Crippen LogP contribution in [0.15, 0.2) is 35.1 Å². The topological polar surface area (TPSA) is 88.2 Å². The maximum atomic E-state index is 13.1. The van der Waals surface area contributed by atoms with Gasteiger partial charge in [-0.2, -0.15) is 0 Å². The Morgan fingerprint density at radius 2 is 1.97 bits per heavy atom. The van der Waals surface area contributed by atoms with E-state index in [1.807, 2.05) is 13.8 Å². The predicted octanol–water partition coefficient (Wildman–Crippen LogP) is 4.08. The molecule has 0 saturated heterocycles. The molecule has 0 aliphatic rings. The van der Waals surface area contributed by atoms with E-state index < -0.39 is 0 Å². The molecule has 1 amide bonds. The SMILES string of the molecule is CCCN(Cc1nc2cc(Cl)ccc2c(=O)[nH]1)C(=O)c1nc(OCC)ccc1Cl. The van der Waals surface area contributed by atoms with Gasteiger partial charge in [0.05, 0.1) is 29.1 Å². The van der Waals surface area contributed by atoms with E-state index in [-0.39, 0.29) is 28.7 Å². The third kappa shape index (κ3) is 4.86. The number of pyridine rings is 1. The summed E-state index contributed by atoms with van der Waals surface area (Å²) in [5.74, 6) is 0.305. The van der Waals surface area contributed by atoms with Crippen LogP contribution in [0.2, 0.25) is 10.0 Å². The third-order valence-corrected chi connectivity index (χ3v) is 4.69. The summed E-state index contributed by atoms with van der Waals surface area (Å²) in [6.45, 7) is 4.73. The Kier molecular flexibility index (Phi) is 6.71. The number of nitrogens with zero attached hydrogens (tertiary/aromatic N) is 3. The van der Waals surface area contributed by atoms with E-state index in [0.717, 1.165) is 0 Å². The average molecular weight is 435 g/mol. The van der Waals surface area contributed by atoms with E-state index >= 15 is 0 Å². The van der Waals surface area contributed by atoms with Crippen LogP contribution in [0.1, 0.15) is 36.6 Å². The van der Waals surface area contributed by atoms with Crippen molar-refractivity contribution in [3.8, 4) is 5.88 Å². The van der Waals surface area contributed by atoms with Gasteiger partial charge in [-0.05, 0) is 37.6 Å². The Morgan fingerprint density at radius 3 is 2.69 bits per heavy atom. The summed E-state index contributed by atoms with van der Waals surface area (Å²) in [5.41, 5.74) is 0.270. The molecule has 1 aromatic carbocycles. The molecule has 0 unspecified atom stereocenters. The largest absolute Gasteiger partial charge is 0.478 e. The molecule has 3 rings (SSSR count). The van der Waals surface area contributed by atoms with E-state index in [2.05, 4.69) is 15.0 Å². The Balaban J connectivity index is 1.94. The zero-order valence-corrected chi connectivity index (χ0v) is 17.5. The Labute approximate surface area is 177 Å². The molecular weight excluding hydrogens is 415 g/mol. The summed E-state index contributed by atoms with van der Waals surface area (Å²) >= 11 is 12.2. The van der Waals surface area contributed by atoms with Crippen molar-refractivity contribution in [3.05, 3.63) is 62.2 Å². The number of hydrogen-bond donors (Lipinski definition) is 1. The number of fused-ring (bicyclic) bond motifs is 1. The highest BCUT2D eigenvalue weighted by atomic mass is 35.5. The molecule has 0 atom stereocenters. The van der Waals surface area contributed by atoms with Gasteiger partial charge in [-0.25, -0.2) is 9.97 Å². The number of benzene rings is 1. The summed E-state index contributed by atoms with van der Waals surface area (Å²) in [5, 5.41) is 1.14. The van der Waals surface area contributed by atoms with Crippen molar-refractivity contribution in [1.82, 2.24) is 19.9 Å². The standard InChI is InChI=1S/C20H20Cl2N4O3/c1-3-9-26(20(28)18-14(22)7-8-17(25-18)29-4-2)11-16-23-15-10-12(21)5-6-13(15)19(27)24-16/h5-8,10H,3-4,9,11H2,1-2H3,(H,23,24,27). The van der Waals surface area contributed by atoms with E-state index in [1.165, 1.54) is 0 Å². The monoisotopic (exact) mass is 434 g/mol. The lowest BCUT2D eigenvalue weighted by Crippen LogP contribution is -2.33. The number of carbonyl (C=O) groups is 1. The number of rotatable bonds is 7. The highest BCUT2D eigenvalue weighted by Gasteiger charge is 2.22. The zero-order valence-electron chi connectivity index (χ0n) is 16.0. The summed E-state index contributed by atoms with van der Waals surface area (Å²) in [7, 11) is 0. The Bertz CT molecular complexity index is 1100. The summed E-state index contributed by atoms with van der Waals surface area (Å²) in [6, 6.07) is 8.05. The van der Waals surface area contributed by atoms with Crippen LogP contribution in [-0.4, -0.2) is 38.9 Å². The molecule has 152 valence electrons. The molecule has 0 radical (unpaired) electrons. The number of aromatic nitrogens is 3. The predicted molar refractivity (Wildman–Crippen MR) is 113 cm³/mol. The van der Waals surface area contributed by atoms with Crippen LogP contribution in [0.3, 0.4) is 0 Å². The van der Waals surface area contributed by atoms with Gasteiger partial charge in [0.15, 0.2) is 5.69 Å². The molecule has 2 aromatic heterocycles. The van der Waals surface area contributed by atoms with Crippen LogP contribution in [0.25, 0.3) is 10.9 Å². The summed E-state index contributed by atoms with van der Waals surface area (Å²) in [4.78, 5) is 38.4. The quantitative estimate of drug-likeness (QED) is 0.604. The van der Waals surface area contributed by atoms with Crippen molar-refractivity contribution >= 4 is 40.0 Å². The van der Waals surface area contributed by atoms with Crippen LogP contribution in [0.4, 0.5) is 0 Å². The third-order valence-electron chi connectivity index (χ3n) is 4.15. The molecule has 0 aliphatic carbocycles. The molecule has 2 heterocycles. The van der Waals surface area contributed by atoms with Crippen molar-refractivity contribution in [2.45, 2.75) is 26.8 Å². The van der Waals surface area contributed by atoms with Crippen molar-refractivity contribution in [3.63, 3.8) is 0 Å². The number of carbonyl (C=O) groups excluding carboxylic acids is 1. The molecule has 9 heteroatoms. The van der Waals surface area contributed by atoms with Crippen LogP contribution < -0.4 is 10.3 Å². The van der Waals surface area contributed by atoms with E-state index in [9.17, 15) is 9.59 Å². The second-order valence-electron chi connectivity index (χ2n) is 6.31. The number of hydrogen-bond acceptors (Lipinski definition) is 5. The fraction of sp³-hybridized carbons (Fsp3) is 0.300. The minimum absolute atomic E-state index is 0.0947. The van der Waals surface area contributed by atoms with Crippen LogP contribution in [-0.2, 0) is 6.54 Å². The van der Waals surface area contributed by atoms with Gasteiger partial charge >= 0.3 is 0 Å². The fourth-order valence-corrected chi connectivity index (χ4v) is 3.24. The summed E-state index contributed by atoms with van der Waals surface area (Å²) in [6.07, 6.45) is 0.706. The van der Waals surface area contributed by atoms with Crippen molar-refractivity contribution < 1.29 is 9.53 Å². The molecule has 1 N–H and O–H groups in total. The van der Waals surface area contributed by atoms with Crippen molar-refractivity contribution in [2.75, 3.05) is 13.2 Å². The number of halogens is 2. The zero-order chi connectivity index (χ0) is 21.0. The highest BCUT2D eigenvalue weighted by Crippen LogP contribution is 2.21. The van der Waals surface area contributed by atoms with Crippen LogP contribution in [0, 0.1) is 0 Å². The fourth-order valence-electron chi connectivity index (χ4n) is 2.89. The number of amides is 1. The van der Waals surface area contributed by atoms with Gasteiger partial charge in [0.1, 0.15) is 5.82 Å². The molecule has 0 bridgehead atoms. The maximum Gasteiger partial charge on any atom is 0.274 e. The van der Waals surface area contributed by atoms with E-state index in [4.69, 9.17) is 27.9 Å². The van der Waals surface area contributed by atoms with Gasteiger partial charge < -0.3 is 14.6 Å². The van der Waals surface area contributed by atoms with Gasteiger partial charge in [0.2, 0.25) is 5.88 Å². The van der Waals surface area contributed by atoms with Crippen molar-refractivity contribution in [1.29, 1.82) is 0 Å². The van der Waals surface area contributed by atoms with E-state index in [1.54, 1.807) is 35.2 Å². The molecule has 0 spiro atoms. The molecular formula is C20H20Cl2N4O3. The van der Waals surface area contributed by atoms with Crippen LogP contribution >= 0.6 is 23.2 Å². The average Bonchev–Trinajstić information content (AvgIpc) is 2.68. The first kappa shape index (κ1) is 21.1. The first-order chi connectivity index (χ1) is 13.9. The smallest absolute Gasteiger partial charge is 0.274 e. The summed E-state index contributed by atoms with van der Waals surface area (Å²) < 4.78 is 5.37. The van der Waals surface area contributed by atoms with Gasteiger partial charge in [-0.1, -0.05) is 30.1 Å². The maximum absolute atomic E-state index is 13.1. The second kappa shape index (κ2) is 9.24. The molecule has 7 nitrogen and oxygen atoms in total. The lowest BCUT2D eigenvalue weighted by molar-refractivity contribution is 0.0732. The minimum atomic E-state index is -0.368. The lowest BCUT2D eigenvalue weighted by Gasteiger charge is -2.22. The minimum Gasteiger partial charge on any atom is -0.478 e. The number of ether oxygens (including phenoxy) is 1. The van der Waals surface area contributed by atoms with Crippen molar-refractivity contribution in [2.24, 2.45) is 0 Å².